The van der Waals surface area contributed by atoms with Gasteiger partial charge in [-0.25, -0.2) is 15.0 Å². The number of thiophene rings is 3. The Bertz CT molecular complexity index is 4660. The molecule has 4 aromatic heterocycles. The summed E-state index contributed by atoms with van der Waals surface area (Å²) in [5.74, 6) is 1.89. The summed E-state index contributed by atoms with van der Waals surface area (Å²) in [6.07, 6.45) is 0. The van der Waals surface area contributed by atoms with Crippen molar-refractivity contribution in [2.45, 2.75) is 5.41 Å². The molecule has 76 heavy (non-hydrogen) atoms. The Morgan fingerprint density at radius 3 is 1.33 bits per heavy atom. The van der Waals surface area contributed by atoms with Gasteiger partial charge in [0.15, 0.2) is 17.5 Å². The van der Waals surface area contributed by atoms with E-state index in [9.17, 15) is 0 Å². The summed E-state index contributed by atoms with van der Waals surface area (Å²) < 4.78 is 7.53. The lowest BCUT2D eigenvalue weighted by atomic mass is 9.67. The van der Waals surface area contributed by atoms with Crippen LogP contribution >= 0.6 is 34.0 Å². The molecule has 1 aliphatic carbocycles. The molecule has 4 heterocycles. The molecule has 0 amide bonds. The summed E-state index contributed by atoms with van der Waals surface area (Å²) in [6.45, 7) is 0. The summed E-state index contributed by atoms with van der Waals surface area (Å²) in [5, 5.41) is 7.51. The molecular weight excluding hydrogens is 979 g/mol. The van der Waals surface area contributed by atoms with Gasteiger partial charge in [0.25, 0.3) is 0 Å². The highest BCUT2D eigenvalue weighted by molar-refractivity contribution is 7.26. The highest BCUT2D eigenvalue weighted by Gasteiger charge is 2.47. The third-order valence-corrected chi connectivity index (χ3v) is 19.1. The van der Waals surface area contributed by atoms with E-state index in [0.29, 0.717) is 17.5 Å². The van der Waals surface area contributed by atoms with Gasteiger partial charge in [0.1, 0.15) is 0 Å². The maximum absolute atomic E-state index is 5.69. The molecule has 0 atom stereocenters. The molecule has 0 unspecified atom stereocenters. The monoisotopic (exact) mass is 1020 g/mol. The Balaban J connectivity index is 0.976. The predicted octanol–water partition coefficient (Wildman–Crippen LogP) is 19.7. The minimum Gasteiger partial charge on any atom is -0.208 e. The molecule has 354 valence electrons. The van der Waals surface area contributed by atoms with Gasteiger partial charge in [0.05, 0.1) is 5.41 Å². The first-order valence-electron chi connectivity index (χ1n) is 25.6. The van der Waals surface area contributed by atoms with Crippen molar-refractivity contribution in [3.05, 3.63) is 271 Å². The van der Waals surface area contributed by atoms with E-state index in [2.05, 4.69) is 249 Å². The Kier molecular flexibility index (Phi) is 9.76. The maximum Gasteiger partial charge on any atom is 0.165 e. The molecule has 0 aliphatic heterocycles. The quantitative estimate of drug-likeness (QED) is 0.160. The molecule has 1 aliphatic rings. The first-order chi connectivity index (χ1) is 37.6. The average molecular weight is 1020 g/mol. The predicted molar refractivity (Wildman–Crippen MR) is 323 cm³/mol. The number of rotatable bonds is 7. The Morgan fingerprint density at radius 2 is 0.697 bits per heavy atom. The zero-order chi connectivity index (χ0) is 49.9. The number of aromatic nitrogens is 3. The van der Waals surface area contributed by atoms with Crippen LogP contribution in [-0.2, 0) is 5.41 Å². The van der Waals surface area contributed by atoms with Gasteiger partial charge in [0.2, 0.25) is 0 Å². The van der Waals surface area contributed by atoms with E-state index in [-0.39, 0.29) is 0 Å². The summed E-state index contributed by atoms with van der Waals surface area (Å²) in [7, 11) is 0. The summed E-state index contributed by atoms with van der Waals surface area (Å²) >= 11 is 5.49. The second-order valence-corrected chi connectivity index (χ2v) is 23.0. The Labute approximate surface area is 450 Å². The lowest BCUT2D eigenvalue weighted by Crippen LogP contribution is -2.28. The molecule has 11 aromatic carbocycles. The third kappa shape index (κ3) is 6.61. The molecule has 0 saturated carbocycles. The molecule has 6 heteroatoms. The largest absolute Gasteiger partial charge is 0.208 e. The van der Waals surface area contributed by atoms with E-state index in [0.717, 1.165) is 49.2 Å². The van der Waals surface area contributed by atoms with E-state index in [1.54, 1.807) is 11.3 Å². The summed E-state index contributed by atoms with van der Waals surface area (Å²) in [4.78, 5) is 16.9. The minimum atomic E-state index is -0.585. The van der Waals surface area contributed by atoms with E-state index in [4.69, 9.17) is 15.0 Å². The smallest absolute Gasteiger partial charge is 0.165 e. The van der Waals surface area contributed by atoms with Gasteiger partial charge < -0.3 is 0 Å². The molecule has 16 rings (SSSR count). The lowest BCUT2D eigenvalue weighted by molar-refractivity contribution is 0.768. The van der Waals surface area contributed by atoms with Crippen LogP contribution in [0.3, 0.4) is 0 Å². The maximum atomic E-state index is 5.69. The van der Waals surface area contributed by atoms with E-state index in [1.807, 2.05) is 22.7 Å². The van der Waals surface area contributed by atoms with Crippen LogP contribution in [0.5, 0.6) is 0 Å². The highest BCUT2D eigenvalue weighted by Crippen LogP contribution is 2.58. The summed E-state index contributed by atoms with van der Waals surface area (Å²) in [5.41, 5.74) is 13.9. The van der Waals surface area contributed by atoms with E-state index in [1.165, 1.54) is 83.6 Å². The van der Waals surface area contributed by atoms with Crippen LogP contribution < -0.4 is 0 Å². The van der Waals surface area contributed by atoms with Crippen molar-refractivity contribution in [2.24, 2.45) is 0 Å². The number of hydrogen-bond acceptors (Lipinski definition) is 6. The molecule has 0 fully saturated rings. The van der Waals surface area contributed by atoms with Crippen molar-refractivity contribution in [1.82, 2.24) is 15.0 Å². The fourth-order valence-corrected chi connectivity index (χ4v) is 15.6. The van der Waals surface area contributed by atoms with Crippen LogP contribution in [0.15, 0.2) is 249 Å². The number of benzene rings is 11. The first-order valence-corrected chi connectivity index (χ1v) is 28.1. The van der Waals surface area contributed by atoms with Gasteiger partial charge in [-0.15, -0.1) is 34.0 Å². The van der Waals surface area contributed by atoms with Crippen LogP contribution in [0.4, 0.5) is 0 Å². The fourth-order valence-electron chi connectivity index (χ4n) is 12.3. The third-order valence-electron chi connectivity index (χ3n) is 15.6. The second-order valence-electron chi connectivity index (χ2n) is 19.8. The minimum absolute atomic E-state index is 0.585. The van der Waals surface area contributed by atoms with Crippen LogP contribution in [0.25, 0.3) is 128 Å². The summed E-state index contributed by atoms with van der Waals surface area (Å²) in [6, 6.07) is 91.2. The molecule has 0 N–H and O–H groups in total. The number of hydrogen-bond donors (Lipinski definition) is 0. The number of fused-ring (bicyclic) bond motifs is 12. The van der Waals surface area contributed by atoms with Crippen LogP contribution in [-0.4, -0.2) is 15.0 Å². The zero-order valence-electron chi connectivity index (χ0n) is 40.7. The zero-order valence-corrected chi connectivity index (χ0v) is 43.2. The van der Waals surface area contributed by atoms with Crippen molar-refractivity contribution in [1.29, 1.82) is 0 Å². The van der Waals surface area contributed by atoms with Crippen LogP contribution in [0.1, 0.15) is 22.3 Å². The van der Waals surface area contributed by atoms with Crippen molar-refractivity contribution < 1.29 is 0 Å². The molecule has 0 saturated heterocycles. The number of nitrogens with zero attached hydrogens (tertiary/aromatic N) is 3. The Morgan fingerprint density at radius 1 is 0.263 bits per heavy atom. The molecule has 0 spiro atoms. The highest BCUT2D eigenvalue weighted by atomic mass is 32.1. The molecule has 0 bridgehead atoms. The van der Waals surface area contributed by atoms with E-state index >= 15 is 0 Å². The van der Waals surface area contributed by atoms with Gasteiger partial charge in [-0.1, -0.05) is 182 Å². The topological polar surface area (TPSA) is 38.7 Å². The Hall–Kier alpha value is -8.91. The standard InChI is InChI=1S/C70H41N3S3/c1-3-17-47(18-4-1)70(48-19-5-2-6-20-48)58-28-11-7-24-53(58)65-54(26-16-29-59(65)70)68-71-67(72-69(73-68)55-27-15-25-52-49-21-8-14-32-62(49)76-66(52)55)46-38-44(42-33-35-63-56(40-42)50-22-9-12-30-60(50)74-63)37-45(39-46)43-34-36-64-57(41-43)51-23-10-13-31-61(51)75-64/h1-41H. The van der Waals surface area contributed by atoms with Gasteiger partial charge in [-0.3, -0.25) is 0 Å². The van der Waals surface area contributed by atoms with Crippen LogP contribution in [0, 0.1) is 0 Å². The molecular formula is C70H41N3S3. The van der Waals surface area contributed by atoms with Gasteiger partial charge in [-0.05, 0) is 122 Å². The second kappa shape index (κ2) is 17.1. The van der Waals surface area contributed by atoms with Crippen molar-refractivity contribution >= 4 is 94.5 Å². The normalized spacial score (nSPS) is 12.8. The molecule has 3 nitrogen and oxygen atoms in total. The molecule has 0 radical (unpaired) electrons. The molecule has 15 aromatic rings. The first kappa shape index (κ1) is 43.5. The van der Waals surface area contributed by atoms with Gasteiger partial charge in [-0.2, -0.15) is 0 Å². The van der Waals surface area contributed by atoms with Gasteiger partial charge in [0, 0.05) is 77.2 Å². The van der Waals surface area contributed by atoms with Crippen molar-refractivity contribution in [3.8, 4) is 67.5 Å². The lowest BCUT2D eigenvalue weighted by Gasteiger charge is -2.33. The SMILES string of the molecule is c1ccc(C2(c3ccccc3)c3ccccc3-c3c(-c4nc(-c5cc(-c6ccc7sc8ccccc8c7c6)cc(-c6ccc7sc8ccccc8c7c6)c5)nc(-c5cccc6c5sc5ccccc56)n4)cccc32)cc1. The fraction of sp³-hybridized carbons (Fsp3) is 0.0143. The van der Waals surface area contributed by atoms with Crippen LogP contribution in [0.2, 0.25) is 0 Å². The average Bonchev–Trinajstić information content (AvgIpc) is 4.40. The van der Waals surface area contributed by atoms with Crippen molar-refractivity contribution in [3.63, 3.8) is 0 Å². The van der Waals surface area contributed by atoms with Crippen molar-refractivity contribution in [2.75, 3.05) is 0 Å². The van der Waals surface area contributed by atoms with E-state index < -0.39 is 5.41 Å². The van der Waals surface area contributed by atoms with Gasteiger partial charge >= 0.3 is 0 Å².